The number of esters is 4. The number of aromatic nitrogens is 4. The van der Waals surface area contributed by atoms with Crippen LogP contribution in [0.25, 0.3) is 48.8 Å². The van der Waals surface area contributed by atoms with Gasteiger partial charge in [0, 0.05) is 172 Å². The number of fused-ring (bicyclic) bond motifs is 2. The largest absolute Gasteiger partial charge is 0.498 e. The zero-order valence-corrected chi connectivity index (χ0v) is 98.6. The molecule has 1 saturated heterocycles. The van der Waals surface area contributed by atoms with E-state index in [1.165, 1.54) is 93.7 Å². The highest BCUT2D eigenvalue weighted by Crippen LogP contribution is 2.46. The number of hydrogen-bond donors (Lipinski definition) is 2. The lowest BCUT2D eigenvalue weighted by atomic mass is 9.79. The van der Waals surface area contributed by atoms with E-state index in [1.54, 1.807) is 121 Å². The molecule has 4 heterocycles. The van der Waals surface area contributed by atoms with Crippen LogP contribution < -0.4 is 5.46 Å². The third kappa shape index (κ3) is 39.0. The predicted octanol–water partition coefficient (Wildman–Crippen LogP) is 36.9. The number of benzene rings is 12. The van der Waals surface area contributed by atoms with Crippen LogP contribution in [0.3, 0.4) is 0 Å². The standard InChI is InChI=1S/C23H15BrCl3NO2S.C16H10Cl3N3O2S.C16H10Cl3NO2S.C13H7Cl3OS.C11H19BN2O2.C7H6BrCl.C7H4ClFO.C6H4Cl2S.C3H5N3O2/c1-30-23(29)20-11-17-19(28(20)12-13-2-4-14(24)5-3-13)9-16(26)10-22(17)31-21-7-6-15(25)8-18(21)27;1-24-16(23)13(21-22-20)6-9-2-3-11(18)8-15(9)25-14-5-4-10(17)7-12(14)19;1-22-16(21)13-7-10-12(20-13)5-9(18)6-15(10)23-14-3-2-8(17)4-11(14)19;14-9-3-4-12(11(16)5-9)18-13-6-10(15)2-1-8(13)7-17;1-8-9(7-13-14(8)6)12-15-10(2,3)11(4,5)16-12;8-7-3-1-6(5-9)2-4-7;8-6-2-1-5(4-10)7(9)3-6;7-4-1-2-6(9)5(8)3-4;1-8-3(7)2-5-6-4/h2-11H,12H2,1H3;2-8H,1H3;2-7,20H,1H3;1-7H;7H,1-6H3;1-4H,5H2;1-4H;1-3,9H;2H2,1H3/b;13-6-;;;;;;;. The molecule has 12 aromatic carbocycles. The molecule has 0 bridgehead atoms. The summed E-state index contributed by atoms with van der Waals surface area (Å²) in [6.45, 7) is 10.5. The Kier molecular flexibility index (Phi) is 52.2. The molecule has 1 fully saturated rings. The first kappa shape index (κ1) is 126. The molecule has 16 rings (SSSR count). The quantitative estimate of drug-likeness (QED) is 0.00645. The van der Waals surface area contributed by atoms with Crippen molar-refractivity contribution in [3.05, 3.63) is 398 Å². The van der Waals surface area contributed by atoms with E-state index in [9.17, 15) is 33.2 Å². The summed E-state index contributed by atoms with van der Waals surface area (Å²) in [6.07, 6.45) is 4.49. The van der Waals surface area contributed by atoms with Gasteiger partial charge in [-0.15, -0.1) is 24.2 Å². The normalized spacial score (nSPS) is 11.7. The minimum atomic E-state index is -0.742. The average molecular weight is 2560 g/mol. The van der Waals surface area contributed by atoms with Gasteiger partial charge >= 0.3 is 31.0 Å². The Hall–Kier alpha value is -8.23. The van der Waals surface area contributed by atoms with Gasteiger partial charge in [0.25, 0.3) is 0 Å². The second kappa shape index (κ2) is 61.8. The van der Waals surface area contributed by atoms with Crippen molar-refractivity contribution in [2.24, 2.45) is 17.3 Å². The van der Waals surface area contributed by atoms with Crippen molar-refractivity contribution in [3.63, 3.8) is 0 Å². The number of nitrogens with zero attached hydrogens (tertiary/aromatic N) is 9. The number of carbonyl (C=O) groups is 6. The first-order chi connectivity index (χ1) is 70.7. The van der Waals surface area contributed by atoms with Gasteiger partial charge in [0.05, 0.1) is 75.8 Å². The number of azide groups is 2. The van der Waals surface area contributed by atoms with Crippen LogP contribution in [0.5, 0.6) is 0 Å². The van der Waals surface area contributed by atoms with E-state index in [1.807, 2.05) is 120 Å². The molecule has 0 atom stereocenters. The van der Waals surface area contributed by atoms with Crippen LogP contribution in [-0.2, 0) is 57.3 Å². The maximum absolute atomic E-state index is 12.6. The molecule has 776 valence electrons. The monoisotopic (exact) mass is 2540 g/mol. The molecule has 0 amide bonds. The van der Waals surface area contributed by atoms with E-state index in [2.05, 4.69) is 112 Å². The fraction of sp³-hybridized carbons (Fsp3) is 0.147. The number of nitrogens with one attached hydrogen (secondary N) is 1. The molecule has 0 saturated carbocycles. The van der Waals surface area contributed by atoms with Crippen molar-refractivity contribution in [3.8, 4) is 0 Å². The zero-order valence-electron chi connectivity index (χ0n) is 79.1. The second-order valence-corrected chi connectivity index (χ2v) is 44.3. The molecule has 1 aliphatic rings. The number of aryl methyl sites for hydroxylation is 1. The number of hydrogen-bond acceptors (Lipinski definition) is 20. The predicted molar refractivity (Wildman–Crippen MR) is 620 cm³/mol. The van der Waals surface area contributed by atoms with Crippen molar-refractivity contribution in [2.45, 2.75) is 102 Å². The molecule has 1 N–H and O–H groups in total. The van der Waals surface area contributed by atoms with Crippen LogP contribution >= 0.6 is 277 Å². The first-order valence-electron chi connectivity index (χ1n) is 42.4. The van der Waals surface area contributed by atoms with Gasteiger partial charge in [-0.05, 0) is 269 Å². The van der Waals surface area contributed by atoms with Crippen molar-refractivity contribution in [1.82, 2.24) is 19.3 Å². The number of rotatable bonds is 21. The van der Waals surface area contributed by atoms with Crippen LogP contribution in [0.2, 0.25) is 75.3 Å². The molecule has 47 heteroatoms. The van der Waals surface area contributed by atoms with Gasteiger partial charge in [0.1, 0.15) is 29.4 Å². The van der Waals surface area contributed by atoms with E-state index in [0.717, 1.165) is 105 Å². The van der Waals surface area contributed by atoms with Crippen molar-refractivity contribution in [1.29, 1.82) is 0 Å². The van der Waals surface area contributed by atoms with Gasteiger partial charge in [0.15, 0.2) is 12.6 Å². The maximum Gasteiger partial charge on any atom is 0.498 e. The number of halogens is 19. The Morgan fingerprint density at radius 3 is 1.32 bits per heavy atom. The highest BCUT2D eigenvalue weighted by Gasteiger charge is 2.52. The van der Waals surface area contributed by atoms with Gasteiger partial charge in [0.2, 0.25) is 0 Å². The van der Waals surface area contributed by atoms with Gasteiger partial charge < -0.3 is 37.8 Å². The number of alkyl halides is 1. The highest BCUT2D eigenvalue weighted by molar-refractivity contribution is 9.10. The van der Waals surface area contributed by atoms with E-state index >= 15 is 0 Å². The number of methoxy groups -OCH3 is 4. The summed E-state index contributed by atoms with van der Waals surface area (Å²) < 4.78 is 48.9. The number of carbonyl (C=O) groups excluding carboxylic acids is 6. The summed E-state index contributed by atoms with van der Waals surface area (Å²) in [6, 6.07) is 67.0. The third-order valence-electron chi connectivity index (χ3n) is 20.4. The van der Waals surface area contributed by atoms with E-state index in [-0.39, 0.29) is 36.1 Å². The molecule has 0 radical (unpaired) electrons. The van der Waals surface area contributed by atoms with Crippen molar-refractivity contribution >= 4 is 354 Å². The van der Waals surface area contributed by atoms with Crippen molar-refractivity contribution in [2.75, 3.05) is 35.0 Å². The van der Waals surface area contributed by atoms with E-state index < -0.39 is 29.7 Å². The van der Waals surface area contributed by atoms with Crippen LogP contribution in [0.4, 0.5) is 4.39 Å². The Balaban J connectivity index is 0.000000211. The number of ether oxygens (including phenoxy) is 4. The maximum atomic E-state index is 12.6. The number of H-pyrrole nitrogens is 1. The fourth-order valence-corrected chi connectivity index (χ4v) is 20.6. The summed E-state index contributed by atoms with van der Waals surface area (Å²) >= 11 is 112. The number of aldehydes is 2. The van der Waals surface area contributed by atoms with E-state index in [4.69, 9.17) is 215 Å². The summed E-state index contributed by atoms with van der Waals surface area (Å²) in [5.74, 6) is -2.10. The molecule has 0 unspecified atom stereocenters. The number of thiol groups is 1. The summed E-state index contributed by atoms with van der Waals surface area (Å²) in [7, 11) is 6.76. The van der Waals surface area contributed by atoms with Crippen LogP contribution in [0.1, 0.15) is 91.8 Å². The van der Waals surface area contributed by atoms with Gasteiger partial charge in [-0.1, -0.05) is 293 Å². The average Bonchev–Trinajstić information content (AvgIpc) is 1.62. The van der Waals surface area contributed by atoms with Crippen LogP contribution in [0, 0.1) is 12.7 Å². The lowest BCUT2D eigenvalue weighted by Gasteiger charge is -2.32. The lowest BCUT2D eigenvalue weighted by Crippen LogP contribution is -2.41. The Bertz CT molecular complexity index is 7450. The molecule has 15 aromatic rings. The van der Waals surface area contributed by atoms with Gasteiger partial charge in [-0.3, -0.25) is 19.1 Å². The summed E-state index contributed by atoms with van der Waals surface area (Å²) in [5.41, 5.74) is 23.5. The molecule has 0 aliphatic carbocycles. The molecule has 3 aromatic heterocycles. The minimum Gasteiger partial charge on any atom is -0.469 e. The van der Waals surface area contributed by atoms with Crippen LogP contribution in [0.15, 0.2) is 306 Å². The lowest BCUT2D eigenvalue weighted by molar-refractivity contribution is -0.139. The first-order valence-corrected chi connectivity index (χ1v) is 53.9. The third-order valence-corrected chi connectivity index (χ3v) is 31.2. The zero-order chi connectivity index (χ0) is 110. The second-order valence-electron chi connectivity index (χ2n) is 31.0. The smallest absolute Gasteiger partial charge is 0.469 e. The molecule has 1 aliphatic heterocycles. The summed E-state index contributed by atoms with van der Waals surface area (Å²) in [5, 5.41) is 20.4. The SMILES string of the molecule is COC(=O)/C(=C/c1ccc(Cl)cc1Sc1ccc(Cl)cc1Cl)N=[N+]=[N-].COC(=O)CN=[N+]=[N-].COC(=O)c1cc2c(Sc3ccc(Cl)cc3Cl)cc(Cl)cc2[nH]1.COC(=O)c1cc2c(Sc3ccc(Cl)cc3Cl)cc(Cl)cc2n1Cc1ccc(Br)cc1.Cc1c(B2OC(C)(C)C(C)(C)O2)cnn1C.ClCc1ccc(Br)cc1.O=Cc1ccc(Cl)cc1F.O=Cc1ccc(Cl)cc1Sc1ccc(Cl)cc1Cl.Sc1ccc(Cl)cc1Cl. The molecular formula is C102H80BBr2Cl16FN10O12S5. The van der Waals surface area contributed by atoms with Gasteiger partial charge in [-0.2, -0.15) is 5.10 Å². The summed E-state index contributed by atoms with van der Waals surface area (Å²) in [4.78, 5) is 82.3. The van der Waals surface area contributed by atoms with Crippen LogP contribution in [-0.4, -0.2) is 109 Å². The highest BCUT2D eigenvalue weighted by atomic mass is 79.9. The Labute approximate surface area is 977 Å². The molecule has 22 nitrogen and oxygen atoms in total. The topological polar surface area (TPSA) is 294 Å². The minimum absolute atomic E-state index is 0.0319. The Morgan fingerprint density at radius 2 is 0.906 bits per heavy atom. The Morgan fingerprint density at radius 1 is 0.490 bits per heavy atom. The molecule has 149 heavy (non-hydrogen) atoms. The number of aromatic amines is 1. The van der Waals surface area contributed by atoms with Crippen molar-refractivity contribution < 1.29 is 61.4 Å². The molecular weight excluding hydrogens is 2470 g/mol. The van der Waals surface area contributed by atoms with Gasteiger partial charge in [-0.25, -0.2) is 18.8 Å². The molecule has 0 spiro atoms. The van der Waals surface area contributed by atoms with E-state index in [0.29, 0.717) is 121 Å². The fourth-order valence-electron chi connectivity index (χ4n) is 12.1.